The van der Waals surface area contributed by atoms with Gasteiger partial charge in [0.1, 0.15) is 17.2 Å². The summed E-state index contributed by atoms with van der Waals surface area (Å²) in [6.45, 7) is 9.35. The lowest BCUT2D eigenvalue weighted by atomic mass is 9.89. The minimum absolute atomic E-state index is 0.0610. The molecule has 3 aliphatic rings. The van der Waals surface area contributed by atoms with E-state index in [2.05, 4.69) is 10.2 Å². The topological polar surface area (TPSA) is 82.2 Å². The maximum Gasteiger partial charge on any atom is 0.410 e. The fourth-order valence-corrected chi connectivity index (χ4v) is 4.56. The third-order valence-electron chi connectivity index (χ3n) is 6.36. The van der Waals surface area contributed by atoms with E-state index in [-0.39, 0.29) is 30.5 Å². The number of hydrogen-bond acceptors (Lipinski definition) is 6. The number of carbonyl (C=O) groups excluding carboxylic acids is 3. The van der Waals surface area contributed by atoms with Crippen LogP contribution in [0.15, 0.2) is 12.1 Å². The molecule has 3 aliphatic heterocycles. The molecule has 3 saturated heterocycles. The van der Waals surface area contributed by atoms with Gasteiger partial charge in [-0.3, -0.25) is 19.8 Å². The monoisotopic (exact) mass is 464 g/mol. The van der Waals surface area contributed by atoms with Crippen LogP contribution in [0.1, 0.15) is 45.1 Å². The Morgan fingerprint density at radius 1 is 1.06 bits per heavy atom. The molecule has 0 aliphatic carbocycles. The van der Waals surface area contributed by atoms with Crippen LogP contribution in [0.25, 0.3) is 0 Å². The van der Waals surface area contributed by atoms with Crippen LogP contribution in [0.2, 0.25) is 0 Å². The number of piperidine rings is 1. The van der Waals surface area contributed by atoms with Gasteiger partial charge in [-0.1, -0.05) is 0 Å². The average Bonchev–Trinajstić information content (AvgIpc) is 2.67. The molecule has 1 unspecified atom stereocenters. The third kappa shape index (κ3) is 5.10. The zero-order valence-electron chi connectivity index (χ0n) is 19.2. The Bertz CT molecular complexity index is 927. The Morgan fingerprint density at radius 2 is 1.67 bits per heavy atom. The summed E-state index contributed by atoms with van der Waals surface area (Å²) in [5, 5.41) is 2.15. The Morgan fingerprint density at radius 3 is 2.21 bits per heavy atom. The molecule has 3 fully saturated rings. The zero-order chi connectivity index (χ0) is 23.9. The summed E-state index contributed by atoms with van der Waals surface area (Å²) in [7, 11) is 0. The van der Waals surface area contributed by atoms with E-state index in [9.17, 15) is 23.2 Å². The molecular weight excluding hydrogens is 434 g/mol. The molecule has 33 heavy (non-hydrogen) atoms. The summed E-state index contributed by atoms with van der Waals surface area (Å²) in [4.78, 5) is 41.4. The molecule has 10 heteroatoms. The predicted molar refractivity (Wildman–Crippen MR) is 117 cm³/mol. The number of piperazine rings is 1. The number of nitrogens with one attached hydrogen (secondary N) is 1. The van der Waals surface area contributed by atoms with E-state index in [0.29, 0.717) is 45.0 Å². The number of anilines is 1. The molecule has 0 bridgehead atoms. The number of benzene rings is 1. The van der Waals surface area contributed by atoms with Gasteiger partial charge in [0, 0.05) is 63.0 Å². The maximum absolute atomic E-state index is 14.8. The molecule has 0 radical (unpaired) electrons. The normalized spacial score (nSPS) is 22.8. The van der Waals surface area contributed by atoms with E-state index >= 15 is 0 Å². The molecule has 180 valence electrons. The molecule has 3 heterocycles. The second kappa shape index (κ2) is 8.89. The van der Waals surface area contributed by atoms with Gasteiger partial charge in [-0.25, -0.2) is 13.6 Å². The Hall–Kier alpha value is -2.75. The standard InChI is InChI=1S/C23H30F2N4O4/c1-23(2,3)33-22(32)29-12-15(13-29)28-8-6-27(7-9-28)14-10-17(24)20(18(25)11-14)16-4-5-19(30)26-21(16)31/h10-11,15-16H,4-9,12-13H2,1-3H3,(H,26,30,31). The molecule has 1 atom stereocenters. The first kappa shape index (κ1) is 23.4. The van der Waals surface area contributed by atoms with Crippen LogP contribution >= 0.6 is 0 Å². The van der Waals surface area contributed by atoms with Crippen molar-refractivity contribution in [3.05, 3.63) is 29.3 Å². The van der Waals surface area contributed by atoms with Crippen LogP contribution in [0, 0.1) is 11.6 Å². The first-order valence-corrected chi connectivity index (χ1v) is 11.3. The van der Waals surface area contributed by atoms with Gasteiger partial charge >= 0.3 is 6.09 Å². The van der Waals surface area contributed by atoms with Crippen LogP contribution < -0.4 is 10.2 Å². The minimum Gasteiger partial charge on any atom is -0.444 e. The van der Waals surface area contributed by atoms with Crippen LogP contribution in [-0.4, -0.2) is 78.6 Å². The van der Waals surface area contributed by atoms with E-state index in [1.54, 1.807) is 4.90 Å². The van der Waals surface area contributed by atoms with Crippen molar-refractivity contribution in [3.8, 4) is 0 Å². The minimum atomic E-state index is -1.000. The van der Waals surface area contributed by atoms with Crippen molar-refractivity contribution in [2.75, 3.05) is 44.2 Å². The van der Waals surface area contributed by atoms with Crippen molar-refractivity contribution in [2.45, 2.75) is 51.2 Å². The number of halogens is 2. The molecule has 0 spiro atoms. The highest BCUT2D eigenvalue weighted by Crippen LogP contribution is 2.32. The first-order valence-electron chi connectivity index (χ1n) is 11.3. The lowest BCUT2D eigenvalue weighted by Crippen LogP contribution is -2.64. The van der Waals surface area contributed by atoms with Gasteiger partial charge in [-0.2, -0.15) is 0 Å². The quantitative estimate of drug-likeness (QED) is 0.691. The molecular formula is C23H30F2N4O4. The largest absolute Gasteiger partial charge is 0.444 e. The Labute approximate surface area is 191 Å². The van der Waals surface area contributed by atoms with Gasteiger partial charge in [0.25, 0.3) is 0 Å². The molecule has 1 aromatic rings. The summed E-state index contributed by atoms with van der Waals surface area (Å²) in [6, 6.07) is 2.79. The number of rotatable bonds is 3. The van der Waals surface area contributed by atoms with Gasteiger partial charge in [0.2, 0.25) is 11.8 Å². The van der Waals surface area contributed by atoms with Gasteiger partial charge in [-0.15, -0.1) is 0 Å². The molecule has 3 amide bonds. The SMILES string of the molecule is CC(C)(C)OC(=O)N1CC(N2CCN(c3cc(F)c(C4CCC(=O)NC4=O)c(F)c3)CC2)C1. The molecule has 1 N–H and O–H groups in total. The summed E-state index contributed by atoms with van der Waals surface area (Å²) < 4.78 is 35.1. The van der Waals surface area contributed by atoms with Crippen molar-refractivity contribution >= 4 is 23.6 Å². The average molecular weight is 465 g/mol. The van der Waals surface area contributed by atoms with Crippen molar-refractivity contribution in [3.63, 3.8) is 0 Å². The molecule has 8 nitrogen and oxygen atoms in total. The molecule has 0 saturated carbocycles. The van der Waals surface area contributed by atoms with Gasteiger partial charge in [-0.05, 0) is 39.3 Å². The van der Waals surface area contributed by atoms with Gasteiger partial charge < -0.3 is 14.5 Å². The number of hydrogen-bond donors (Lipinski definition) is 1. The van der Waals surface area contributed by atoms with Crippen molar-refractivity contribution in [2.24, 2.45) is 0 Å². The highest BCUT2D eigenvalue weighted by molar-refractivity contribution is 6.01. The lowest BCUT2D eigenvalue weighted by Gasteiger charge is -2.48. The fourth-order valence-electron chi connectivity index (χ4n) is 4.56. The Balaban J connectivity index is 1.33. The van der Waals surface area contributed by atoms with Crippen molar-refractivity contribution < 1.29 is 27.9 Å². The van der Waals surface area contributed by atoms with E-state index in [0.717, 1.165) is 0 Å². The highest BCUT2D eigenvalue weighted by Gasteiger charge is 2.38. The van der Waals surface area contributed by atoms with Crippen molar-refractivity contribution in [1.82, 2.24) is 15.1 Å². The number of ether oxygens (including phenoxy) is 1. The van der Waals surface area contributed by atoms with E-state index < -0.39 is 35.0 Å². The fraction of sp³-hybridized carbons (Fsp3) is 0.609. The summed E-state index contributed by atoms with van der Waals surface area (Å²) >= 11 is 0. The second-order valence-corrected chi connectivity index (χ2v) is 9.89. The van der Waals surface area contributed by atoms with Crippen LogP contribution in [0.3, 0.4) is 0 Å². The number of likely N-dealkylation sites (tertiary alicyclic amines) is 1. The molecule has 1 aromatic carbocycles. The zero-order valence-corrected chi connectivity index (χ0v) is 19.2. The summed E-state index contributed by atoms with van der Waals surface area (Å²) in [5.41, 5.74) is -0.365. The summed E-state index contributed by atoms with van der Waals surface area (Å²) in [6.07, 6.45) is -0.150. The number of amides is 3. The van der Waals surface area contributed by atoms with Crippen LogP contribution in [0.4, 0.5) is 19.3 Å². The maximum atomic E-state index is 14.8. The van der Waals surface area contributed by atoms with Gasteiger partial charge in [0.05, 0.1) is 5.92 Å². The molecule has 4 rings (SSSR count). The van der Waals surface area contributed by atoms with Crippen LogP contribution in [0.5, 0.6) is 0 Å². The van der Waals surface area contributed by atoms with Crippen LogP contribution in [-0.2, 0) is 14.3 Å². The third-order valence-corrected chi connectivity index (χ3v) is 6.36. The Kier molecular flexibility index (Phi) is 6.30. The highest BCUT2D eigenvalue weighted by atomic mass is 19.1. The first-order chi connectivity index (χ1) is 15.5. The number of nitrogens with zero attached hydrogens (tertiary/aromatic N) is 3. The number of imide groups is 1. The van der Waals surface area contributed by atoms with E-state index in [1.807, 2.05) is 25.7 Å². The van der Waals surface area contributed by atoms with Gasteiger partial charge in [0.15, 0.2) is 0 Å². The summed E-state index contributed by atoms with van der Waals surface area (Å²) in [5.74, 6) is -3.62. The number of carbonyl (C=O) groups is 3. The predicted octanol–water partition coefficient (Wildman–Crippen LogP) is 2.23. The van der Waals surface area contributed by atoms with E-state index in [4.69, 9.17) is 4.74 Å². The van der Waals surface area contributed by atoms with E-state index in [1.165, 1.54) is 12.1 Å². The lowest BCUT2D eigenvalue weighted by molar-refractivity contribution is -0.134. The molecule has 0 aromatic heterocycles. The second-order valence-electron chi connectivity index (χ2n) is 9.89. The van der Waals surface area contributed by atoms with Crippen molar-refractivity contribution in [1.29, 1.82) is 0 Å². The smallest absolute Gasteiger partial charge is 0.410 e.